The number of benzene rings is 1. The first kappa shape index (κ1) is 20.5. The van der Waals surface area contributed by atoms with Crippen molar-refractivity contribution in [3.63, 3.8) is 0 Å². The smallest absolute Gasteiger partial charge is 0.191 e. The summed E-state index contributed by atoms with van der Waals surface area (Å²) in [6, 6.07) is 8.55. The third-order valence-electron chi connectivity index (χ3n) is 4.41. The van der Waals surface area contributed by atoms with E-state index in [-0.39, 0.29) is 6.10 Å². The van der Waals surface area contributed by atoms with Gasteiger partial charge in [0.25, 0.3) is 0 Å². The first-order valence-corrected chi connectivity index (χ1v) is 9.65. The molecule has 1 saturated heterocycles. The highest BCUT2D eigenvalue weighted by atomic mass is 16.5. The molecule has 6 heteroatoms. The Bertz CT molecular complexity index is 558. The Kier molecular flexibility index (Phi) is 8.71. The van der Waals surface area contributed by atoms with Gasteiger partial charge in [-0.3, -0.25) is 9.89 Å². The van der Waals surface area contributed by atoms with E-state index in [9.17, 15) is 0 Å². The third kappa shape index (κ3) is 7.22. The molecular weight excluding hydrogens is 328 g/mol. The highest BCUT2D eigenvalue weighted by Gasteiger charge is 2.16. The SMILES string of the molecule is CCNC(=NCC(C)N1CCOCC1)NCC(C)Oc1cccc(C)c1. The molecule has 1 aromatic carbocycles. The third-order valence-corrected chi connectivity index (χ3v) is 4.41. The maximum Gasteiger partial charge on any atom is 0.191 e. The second kappa shape index (κ2) is 11.0. The summed E-state index contributed by atoms with van der Waals surface area (Å²) < 4.78 is 11.4. The predicted octanol–water partition coefficient (Wildman–Crippen LogP) is 2.04. The zero-order valence-electron chi connectivity index (χ0n) is 16.6. The summed E-state index contributed by atoms with van der Waals surface area (Å²) in [5.74, 6) is 1.74. The molecule has 0 amide bonds. The van der Waals surface area contributed by atoms with E-state index in [1.807, 2.05) is 12.1 Å². The maximum absolute atomic E-state index is 5.98. The summed E-state index contributed by atoms with van der Waals surface area (Å²) in [5.41, 5.74) is 1.20. The van der Waals surface area contributed by atoms with Gasteiger partial charge in [-0.25, -0.2) is 0 Å². The highest BCUT2D eigenvalue weighted by molar-refractivity contribution is 5.79. The average molecular weight is 363 g/mol. The number of morpholine rings is 1. The molecule has 0 radical (unpaired) electrons. The van der Waals surface area contributed by atoms with Gasteiger partial charge in [0, 0.05) is 25.7 Å². The van der Waals surface area contributed by atoms with E-state index in [0.29, 0.717) is 12.6 Å². The molecule has 26 heavy (non-hydrogen) atoms. The molecule has 6 nitrogen and oxygen atoms in total. The van der Waals surface area contributed by atoms with Crippen molar-refractivity contribution in [1.29, 1.82) is 0 Å². The Labute approximate surface area is 158 Å². The van der Waals surface area contributed by atoms with Gasteiger partial charge in [-0.05, 0) is 45.4 Å². The van der Waals surface area contributed by atoms with Crippen LogP contribution in [0.1, 0.15) is 26.3 Å². The Morgan fingerprint density at radius 1 is 1.27 bits per heavy atom. The van der Waals surface area contributed by atoms with Crippen LogP contribution in [0.2, 0.25) is 0 Å². The molecule has 0 aliphatic carbocycles. The van der Waals surface area contributed by atoms with Crippen molar-refractivity contribution >= 4 is 5.96 Å². The molecule has 1 heterocycles. The summed E-state index contributed by atoms with van der Waals surface area (Å²) >= 11 is 0. The van der Waals surface area contributed by atoms with Crippen LogP contribution in [0.5, 0.6) is 5.75 Å². The van der Waals surface area contributed by atoms with Crippen molar-refractivity contribution in [2.24, 2.45) is 4.99 Å². The van der Waals surface area contributed by atoms with Crippen LogP contribution in [0, 0.1) is 6.92 Å². The van der Waals surface area contributed by atoms with Gasteiger partial charge < -0.3 is 20.1 Å². The molecule has 2 atom stereocenters. The van der Waals surface area contributed by atoms with Gasteiger partial charge in [-0.1, -0.05) is 12.1 Å². The van der Waals surface area contributed by atoms with Gasteiger partial charge in [-0.15, -0.1) is 0 Å². The lowest BCUT2D eigenvalue weighted by Gasteiger charge is -2.31. The largest absolute Gasteiger partial charge is 0.489 e. The minimum Gasteiger partial charge on any atom is -0.489 e. The molecule has 0 bridgehead atoms. The molecule has 2 rings (SSSR count). The topological polar surface area (TPSA) is 58.1 Å². The lowest BCUT2D eigenvalue weighted by atomic mass is 10.2. The van der Waals surface area contributed by atoms with Crippen molar-refractivity contribution in [3.8, 4) is 5.75 Å². The molecule has 146 valence electrons. The molecule has 2 unspecified atom stereocenters. The Morgan fingerprint density at radius 3 is 2.73 bits per heavy atom. The lowest BCUT2D eigenvalue weighted by Crippen LogP contribution is -2.45. The van der Waals surface area contributed by atoms with Crippen molar-refractivity contribution in [1.82, 2.24) is 15.5 Å². The van der Waals surface area contributed by atoms with Crippen LogP contribution in [0.15, 0.2) is 29.3 Å². The Balaban J connectivity index is 1.80. The average Bonchev–Trinajstić information content (AvgIpc) is 2.64. The van der Waals surface area contributed by atoms with Crippen LogP contribution >= 0.6 is 0 Å². The second-order valence-corrected chi connectivity index (χ2v) is 6.84. The van der Waals surface area contributed by atoms with Crippen molar-refractivity contribution in [3.05, 3.63) is 29.8 Å². The summed E-state index contributed by atoms with van der Waals surface area (Å²) in [4.78, 5) is 7.17. The molecular formula is C20H34N4O2. The van der Waals surface area contributed by atoms with Crippen LogP contribution in [-0.2, 0) is 4.74 Å². The number of nitrogens with zero attached hydrogens (tertiary/aromatic N) is 2. The van der Waals surface area contributed by atoms with Gasteiger partial charge in [0.1, 0.15) is 11.9 Å². The maximum atomic E-state index is 5.98. The Morgan fingerprint density at radius 2 is 2.04 bits per heavy atom. The van der Waals surface area contributed by atoms with E-state index in [1.54, 1.807) is 0 Å². The van der Waals surface area contributed by atoms with Gasteiger partial charge in [0.2, 0.25) is 0 Å². The van der Waals surface area contributed by atoms with Crippen molar-refractivity contribution in [2.75, 3.05) is 45.9 Å². The van der Waals surface area contributed by atoms with E-state index in [2.05, 4.69) is 55.4 Å². The highest BCUT2D eigenvalue weighted by Crippen LogP contribution is 2.13. The first-order chi connectivity index (χ1) is 12.6. The number of nitrogens with one attached hydrogen (secondary N) is 2. The first-order valence-electron chi connectivity index (χ1n) is 9.65. The monoisotopic (exact) mass is 362 g/mol. The van der Waals surface area contributed by atoms with E-state index < -0.39 is 0 Å². The quantitative estimate of drug-likeness (QED) is 0.547. The molecule has 1 aromatic rings. The van der Waals surface area contributed by atoms with E-state index in [0.717, 1.165) is 51.1 Å². The normalized spacial score (nSPS) is 18.2. The summed E-state index contributed by atoms with van der Waals surface area (Å²) in [7, 11) is 0. The van der Waals surface area contributed by atoms with Crippen molar-refractivity contribution in [2.45, 2.75) is 39.8 Å². The minimum atomic E-state index is 0.0531. The zero-order chi connectivity index (χ0) is 18.8. The van der Waals surface area contributed by atoms with Gasteiger partial charge in [0.15, 0.2) is 5.96 Å². The number of hydrogen-bond acceptors (Lipinski definition) is 4. The summed E-state index contributed by atoms with van der Waals surface area (Å²) in [5, 5.41) is 6.69. The molecule has 0 saturated carbocycles. The lowest BCUT2D eigenvalue weighted by molar-refractivity contribution is 0.0220. The number of rotatable bonds is 8. The van der Waals surface area contributed by atoms with Gasteiger partial charge in [-0.2, -0.15) is 0 Å². The minimum absolute atomic E-state index is 0.0531. The molecule has 0 spiro atoms. The molecule has 1 aliphatic heterocycles. The van der Waals surface area contributed by atoms with Crippen molar-refractivity contribution < 1.29 is 9.47 Å². The number of hydrogen-bond donors (Lipinski definition) is 2. The fourth-order valence-corrected chi connectivity index (χ4v) is 2.90. The van der Waals surface area contributed by atoms with E-state index in [1.165, 1.54) is 5.56 Å². The second-order valence-electron chi connectivity index (χ2n) is 6.84. The summed E-state index contributed by atoms with van der Waals surface area (Å²) in [6.07, 6.45) is 0.0531. The predicted molar refractivity (Wildman–Crippen MR) is 107 cm³/mol. The van der Waals surface area contributed by atoms with Crippen LogP contribution < -0.4 is 15.4 Å². The number of guanidine groups is 1. The Hall–Kier alpha value is -1.79. The van der Waals surface area contributed by atoms with E-state index >= 15 is 0 Å². The summed E-state index contributed by atoms with van der Waals surface area (Å²) in [6.45, 7) is 14.4. The van der Waals surface area contributed by atoms with Gasteiger partial charge >= 0.3 is 0 Å². The van der Waals surface area contributed by atoms with Crippen LogP contribution in [0.4, 0.5) is 0 Å². The zero-order valence-corrected chi connectivity index (χ0v) is 16.6. The standard InChI is InChI=1S/C20H34N4O2/c1-5-21-20(22-14-17(3)24-9-11-25-12-10-24)23-15-18(4)26-19-8-6-7-16(2)13-19/h6-8,13,17-18H,5,9-12,14-15H2,1-4H3,(H2,21,22,23). The number of aryl methyl sites for hydroxylation is 1. The number of ether oxygens (including phenoxy) is 2. The fraction of sp³-hybridized carbons (Fsp3) is 0.650. The van der Waals surface area contributed by atoms with Crippen LogP contribution in [-0.4, -0.2) is 68.9 Å². The molecule has 1 fully saturated rings. The number of aliphatic imine (C=N–C) groups is 1. The molecule has 0 aromatic heterocycles. The molecule has 2 N–H and O–H groups in total. The van der Waals surface area contributed by atoms with Crippen LogP contribution in [0.3, 0.4) is 0 Å². The van der Waals surface area contributed by atoms with E-state index in [4.69, 9.17) is 14.5 Å². The van der Waals surface area contributed by atoms with Crippen LogP contribution in [0.25, 0.3) is 0 Å². The molecule has 1 aliphatic rings. The fourth-order valence-electron chi connectivity index (χ4n) is 2.90. The van der Waals surface area contributed by atoms with Gasteiger partial charge in [0.05, 0.1) is 26.3 Å².